The highest BCUT2D eigenvalue weighted by atomic mass is 79.9. The number of esters is 2. The molecule has 1 fully saturated rings. The second-order valence-electron chi connectivity index (χ2n) is 6.06. The number of carbonyl (C=O) groups is 2. The molecule has 6 nitrogen and oxygen atoms in total. The molecule has 0 N–H and O–H groups in total. The first kappa shape index (κ1) is 19.4. The van der Waals surface area contributed by atoms with E-state index >= 15 is 0 Å². The van der Waals surface area contributed by atoms with Crippen molar-refractivity contribution >= 4 is 27.9 Å². The fourth-order valence-corrected chi connectivity index (χ4v) is 3.13. The Morgan fingerprint density at radius 3 is 2.17 bits per heavy atom. The Morgan fingerprint density at radius 2 is 1.62 bits per heavy atom. The number of halogens is 1. The molecule has 0 heterocycles. The molecule has 0 aromatic rings. The van der Waals surface area contributed by atoms with E-state index in [1.807, 2.05) is 0 Å². The largest absolute Gasteiger partial charge is 0.463 e. The molecule has 2 rings (SSSR count). The first-order chi connectivity index (χ1) is 11.6. The lowest BCUT2D eigenvalue weighted by Gasteiger charge is -2.16. The molecule has 0 aliphatic heterocycles. The molecule has 0 radical (unpaired) electrons. The Hall–Kier alpha value is -0.920. The Balaban J connectivity index is 1.37. The Kier molecular flexibility index (Phi) is 8.21. The molecule has 0 aromatic carbocycles. The van der Waals surface area contributed by atoms with Crippen LogP contribution in [0.25, 0.3) is 0 Å². The van der Waals surface area contributed by atoms with Crippen molar-refractivity contribution in [1.82, 2.24) is 0 Å². The van der Waals surface area contributed by atoms with Gasteiger partial charge in [0.05, 0.1) is 32.3 Å². The third-order valence-corrected chi connectivity index (χ3v) is 4.60. The molecule has 0 spiro atoms. The summed E-state index contributed by atoms with van der Waals surface area (Å²) in [5.41, 5.74) is 0. The predicted molar refractivity (Wildman–Crippen MR) is 90.8 cm³/mol. The molecular formula is C17H25BrO6. The van der Waals surface area contributed by atoms with Crippen molar-refractivity contribution in [3.8, 4) is 0 Å². The van der Waals surface area contributed by atoms with Gasteiger partial charge in [-0.1, -0.05) is 28.1 Å². The summed E-state index contributed by atoms with van der Waals surface area (Å²) in [5.74, 6) is 0.571. The van der Waals surface area contributed by atoms with E-state index in [0.717, 1.165) is 12.8 Å². The minimum Gasteiger partial charge on any atom is -0.463 e. The van der Waals surface area contributed by atoms with Crippen molar-refractivity contribution in [3.63, 3.8) is 0 Å². The monoisotopic (exact) mass is 404 g/mol. The highest BCUT2D eigenvalue weighted by Gasteiger charge is 2.40. The van der Waals surface area contributed by atoms with Gasteiger partial charge in [-0.15, -0.1) is 0 Å². The highest BCUT2D eigenvalue weighted by molar-refractivity contribution is 9.10. The van der Waals surface area contributed by atoms with Gasteiger partial charge in [0.2, 0.25) is 0 Å². The number of allylic oxidation sites excluding steroid dienone is 2. The van der Waals surface area contributed by atoms with E-state index in [4.69, 9.17) is 18.9 Å². The Morgan fingerprint density at radius 1 is 1.00 bits per heavy atom. The second kappa shape index (κ2) is 10.2. The van der Waals surface area contributed by atoms with Crippen LogP contribution in [0.3, 0.4) is 0 Å². The van der Waals surface area contributed by atoms with Gasteiger partial charge in [0, 0.05) is 0 Å². The molecule has 24 heavy (non-hydrogen) atoms. The lowest BCUT2D eigenvalue weighted by atomic mass is 9.94. The average Bonchev–Trinajstić information content (AvgIpc) is 3.19. The van der Waals surface area contributed by atoms with Crippen molar-refractivity contribution in [2.45, 2.75) is 24.6 Å². The smallest absolute Gasteiger partial charge is 0.319 e. The van der Waals surface area contributed by atoms with Gasteiger partial charge < -0.3 is 18.9 Å². The van der Waals surface area contributed by atoms with Crippen LogP contribution in [-0.4, -0.2) is 56.4 Å². The number of ether oxygens (including phenoxy) is 4. The zero-order valence-electron chi connectivity index (χ0n) is 13.9. The van der Waals surface area contributed by atoms with Gasteiger partial charge >= 0.3 is 11.9 Å². The number of hydrogen-bond donors (Lipinski definition) is 0. The van der Waals surface area contributed by atoms with E-state index in [2.05, 4.69) is 28.1 Å². The summed E-state index contributed by atoms with van der Waals surface area (Å²) in [6, 6.07) is 0. The van der Waals surface area contributed by atoms with Gasteiger partial charge in [0.25, 0.3) is 0 Å². The Labute approximate surface area is 151 Å². The van der Waals surface area contributed by atoms with E-state index in [-0.39, 0.29) is 35.9 Å². The molecule has 0 saturated heterocycles. The van der Waals surface area contributed by atoms with Gasteiger partial charge in [-0.2, -0.15) is 0 Å². The molecule has 136 valence electrons. The van der Waals surface area contributed by atoms with Crippen molar-refractivity contribution in [2.75, 3.05) is 39.6 Å². The van der Waals surface area contributed by atoms with Crippen LogP contribution in [0, 0.1) is 17.8 Å². The maximum absolute atomic E-state index is 12.0. The van der Waals surface area contributed by atoms with Crippen LogP contribution in [0.4, 0.5) is 0 Å². The predicted octanol–water partition coefficient (Wildman–Crippen LogP) is 2.10. The molecule has 4 unspecified atom stereocenters. The van der Waals surface area contributed by atoms with Crippen molar-refractivity contribution in [3.05, 3.63) is 12.2 Å². The molecule has 0 amide bonds. The molecule has 4 atom stereocenters. The molecular weight excluding hydrogens is 380 g/mol. The van der Waals surface area contributed by atoms with E-state index in [9.17, 15) is 9.59 Å². The van der Waals surface area contributed by atoms with Gasteiger partial charge in [0.15, 0.2) is 0 Å². The maximum Gasteiger partial charge on any atom is 0.319 e. The molecule has 7 heteroatoms. The molecule has 0 aromatic heterocycles. The molecule has 2 aliphatic rings. The van der Waals surface area contributed by atoms with Crippen LogP contribution in [0.1, 0.15) is 19.8 Å². The maximum atomic E-state index is 12.0. The number of hydrogen-bond acceptors (Lipinski definition) is 6. The van der Waals surface area contributed by atoms with Gasteiger partial charge in [-0.05, 0) is 31.6 Å². The first-order valence-electron chi connectivity index (χ1n) is 8.39. The van der Waals surface area contributed by atoms with Crippen LogP contribution in [-0.2, 0) is 28.5 Å². The first-order valence-corrected chi connectivity index (χ1v) is 9.30. The lowest BCUT2D eigenvalue weighted by molar-refractivity contribution is -0.151. The third kappa shape index (κ3) is 6.18. The fraction of sp³-hybridized carbons (Fsp3) is 0.765. The van der Waals surface area contributed by atoms with E-state index < -0.39 is 0 Å². The van der Waals surface area contributed by atoms with E-state index in [0.29, 0.717) is 38.3 Å². The van der Waals surface area contributed by atoms with Crippen LogP contribution in [0.15, 0.2) is 12.2 Å². The Bertz CT molecular complexity index is 450. The summed E-state index contributed by atoms with van der Waals surface area (Å²) in [6.45, 7) is 3.73. The number of carbonyl (C=O) groups excluding carboxylic acids is 2. The number of alkyl halides is 1. The topological polar surface area (TPSA) is 71.1 Å². The summed E-state index contributed by atoms with van der Waals surface area (Å²) >= 11 is 3.12. The average molecular weight is 405 g/mol. The zero-order chi connectivity index (χ0) is 17.4. The summed E-state index contributed by atoms with van der Waals surface area (Å²) in [4.78, 5) is 22.8. The SMILES string of the molecule is CC(Br)C(=O)OCCOCCOCCOC(=O)C1CC2C=CC1C2. The van der Waals surface area contributed by atoms with Gasteiger partial charge in [-0.25, -0.2) is 0 Å². The number of rotatable bonds is 11. The van der Waals surface area contributed by atoms with Gasteiger partial charge in [-0.3, -0.25) is 9.59 Å². The van der Waals surface area contributed by atoms with E-state index in [1.165, 1.54) is 0 Å². The summed E-state index contributed by atoms with van der Waals surface area (Å²) in [5, 5.41) is 0. The number of fused-ring (bicyclic) bond motifs is 2. The summed E-state index contributed by atoms with van der Waals surface area (Å²) in [7, 11) is 0. The molecule has 2 aliphatic carbocycles. The van der Waals surface area contributed by atoms with Crippen LogP contribution < -0.4 is 0 Å². The minimum atomic E-state index is -0.307. The normalized spacial score (nSPS) is 25.7. The standard InChI is InChI=1S/C17H25BrO6/c1-12(18)16(19)23-8-6-21-4-5-22-7-9-24-17(20)15-11-13-2-3-14(15)10-13/h2-3,12-15H,4-11H2,1H3. The van der Waals surface area contributed by atoms with Crippen LogP contribution in [0.2, 0.25) is 0 Å². The minimum absolute atomic E-state index is 0.0354. The molecule has 2 bridgehead atoms. The van der Waals surface area contributed by atoms with Gasteiger partial charge in [0.1, 0.15) is 18.0 Å². The summed E-state index contributed by atoms with van der Waals surface area (Å²) in [6.07, 6.45) is 6.37. The van der Waals surface area contributed by atoms with Crippen molar-refractivity contribution in [2.24, 2.45) is 17.8 Å². The summed E-state index contributed by atoms with van der Waals surface area (Å²) < 4.78 is 20.8. The fourth-order valence-electron chi connectivity index (χ4n) is 3.00. The van der Waals surface area contributed by atoms with Crippen LogP contribution in [0.5, 0.6) is 0 Å². The molecule has 1 saturated carbocycles. The third-order valence-electron chi connectivity index (χ3n) is 4.22. The van der Waals surface area contributed by atoms with E-state index in [1.54, 1.807) is 6.92 Å². The highest BCUT2D eigenvalue weighted by Crippen LogP contribution is 2.43. The zero-order valence-corrected chi connectivity index (χ0v) is 15.5. The second-order valence-corrected chi connectivity index (χ2v) is 7.44. The van der Waals surface area contributed by atoms with Crippen molar-refractivity contribution < 1.29 is 28.5 Å². The lowest BCUT2D eigenvalue weighted by Crippen LogP contribution is -2.23. The quantitative estimate of drug-likeness (QED) is 0.227. The van der Waals surface area contributed by atoms with Crippen LogP contribution >= 0.6 is 15.9 Å². The van der Waals surface area contributed by atoms with Crippen molar-refractivity contribution in [1.29, 1.82) is 0 Å².